The Hall–Kier alpha value is -3.54. The van der Waals surface area contributed by atoms with Gasteiger partial charge < -0.3 is 19.3 Å². The molecule has 0 spiro atoms. The molecule has 2 aromatic rings. The first-order valence-electron chi connectivity index (χ1n) is 9.28. The monoisotopic (exact) mass is 535 g/mol. The molecule has 0 radical (unpaired) electrons. The number of carbonyl (C=O) groups is 2. The van der Waals surface area contributed by atoms with Gasteiger partial charge in [0.1, 0.15) is 4.90 Å². The van der Waals surface area contributed by atoms with E-state index in [1.807, 2.05) is 0 Å². The van der Waals surface area contributed by atoms with Crippen LogP contribution in [0.5, 0.6) is 11.8 Å². The number of ether oxygens (including phenoxy) is 3. The molecule has 0 aliphatic rings. The van der Waals surface area contributed by atoms with E-state index in [0.717, 1.165) is 18.4 Å². The maximum atomic E-state index is 12.7. The maximum Gasteiger partial charge on any atom is 0.337 e. The number of rotatable bonds is 9. The lowest BCUT2D eigenvalue weighted by atomic mass is 10.1. The number of carboxylic acid groups (broad SMARTS) is 1. The Kier molecular flexibility index (Phi) is 10.8. The van der Waals surface area contributed by atoms with Crippen molar-refractivity contribution in [1.82, 2.24) is 19.4 Å². The molecule has 1 aromatic carbocycles. The fraction of sp³-hybridized carbons (Fsp3) is 0.333. The second-order valence-electron chi connectivity index (χ2n) is 6.47. The summed E-state index contributed by atoms with van der Waals surface area (Å²) in [6, 6.07) is 3.16. The number of methoxy groups -OCH3 is 3. The molecule has 1 aromatic heterocycles. The number of anilines is 1. The number of hydrogen-bond acceptors (Lipinski definition) is 11. The van der Waals surface area contributed by atoms with Gasteiger partial charge in [0.15, 0.2) is 0 Å². The predicted octanol–water partition coefficient (Wildman–Crippen LogP) is 0.0142. The molecule has 17 heteroatoms. The largest absolute Gasteiger partial charge is 0.481 e. The van der Waals surface area contributed by atoms with Gasteiger partial charge in [-0.3, -0.25) is 5.32 Å². The minimum Gasteiger partial charge on any atom is -0.481 e. The van der Waals surface area contributed by atoms with Crippen LogP contribution in [0.3, 0.4) is 0 Å². The maximum absolute atomic E-state index is 12.7. The summed E-state index contributed by atoms with van der Waals surface area (Å²) in [7, 11) is -2.44. The summed E-state index contributed by atoms with van der Waals surface area (Å²) in [6.07, 6.45) is 0.901. The number of benzene rings is 1. The third kappa shape index (κ3) is 9.69. The van der Waals surface area contributed by atoms with Gasteiger partial charge in [-0.2, -0.15) is 9.97 Å². The third-order valence-electron chi connectivity index (χ3n) is 3.65. The zero-order valence-electron chi connectivity index (χ0n) is 19.3. The summed E-state index contributed by atoms with van der Waals surface area (Å²) in [6.45, 7) is -0.301. The van der Waals surface area contributed by atoms with Crippen LogP contribution in [0.4, 0.5) is 10.7 Å². The second kappa shape index (κ2) is 12.8. The number of carboxylic acids is 1. The van der Waals surface area contributed by atoms with Crippen LogP contribution in [0.25, 0.3) is 0 Å². The van der Waals surface area contributed by atoms with Gasteiger partial charge in [0.2, 0.25) is 27.7 Å². The van der Waals surface area contributed by atoms with E-state index in [1.54, 1.807) is 18.9 Å². The van der Waals surface area contributed by atoms with Crippen molar-refractivity contribution in [2.24, 2.45) is 0 Å². The number of aromatic carboxylic acids is 1. The molecule has 194 valence electrons. The third-order valence-corrected chi connectivity index (χ3v) is 5.69. The highest BCUT2D eigenvalue weighted by Gasteiger charge is 2.25. The molecule has 0 aliphatic heterocycles. The first kappa shape index (κ1) is 29.5. The van der Waals surface area contributed by atoms with Crippen LogP contribution in [0.15, 0.2) is 29.2 Å². The highest BCUT2D eigenvalue weighted by Crippen LogP contribution is 2.20. The van der Waals surface area contributed by atoms with Crippen molar-refractivity contribution in [2.45, 2.75) is 11.4 Å². The minimum atomic E-state index is -4.70. The van der Waals surface area contributed by atoms with Crippen molar-refractivity contribution in [3.05, 3.63) is 35.4 Å². The van der Waals surface area contributed by atoms with Crippen LogP contribution in [0.1, 0.15) is 15.9 Å². The summed E-state index contributed by atoms with van der Waals surface area (Å²) in [4.78, 5) is 30.6. The number of nitrogens with zero attached hydrogens (tertiary/aromatic N) is 2. The smallest absolute Gasteiger partial charge is 0.337 e. The van der Waals surface area contributed by atoms with E-state index >= 15 is 0 Å². The van der Waals surface area contributed by atoms with Gasteiger partial charge in [-0.15, -0.1) is 0 Å². The van der Waals surface area contributed by atoms with Crippen LogP contribution in [-0.2, 0) is 31.3 Å². The van der Waals surface area contributed by atoms with Crippen LogP contribution in [0.2, 0.25) is 0 Å². The molecule has 15 nitrogen and oxygen atoms in total. The summed E-state index contributed by atoms with van der Waals surface area (Å²) < 4.78 is 65.8. The molecule has 2 amide bonds. The Bertz CT molecular complexity index is 1240. The van der Waals surface area contributed by atoms with Crippen molar-refractivity contribution in [2.75, 3.05) is 40.0 Å². The topological polar surface area (TPSA) is 212 Å². The zero-order chi connectivity index (χ0) is 26.8. The van der Waals surface area contributed by atoms with E-state index < -0.39 is 42.5 Å². The quantitative estimate of drug-likeness (QED) is 0.334. The Morgan fingerprint density at radius 2 is 1.51 bits per heavy atom. The van der Waals surface area contributed by atoms with Gasteiger partial charge in [-0.05, 0) is 17.7 Å². The lowest BCUT2D eigenvalue weighted by Crippen LogP contribution is -2.35. The number of urea groups is 1. The lowest BCUT2D eigenvalue weighted by Gasteiger charge is -2.12. The minimum absolute atomic E-state index is 0.0225. The van der Waals surface area contributed by atoms with Crippen molar-refractivity contribution < 1.29 is 45.7 Å². The van der Waals surface area contributed by atoms with Gasteiger partial charge in [0.25, 0.3) is 10.0 Å². The fourth-order valence-electron chi connectivity index (χ4n) is 2.26. The molecule has 4 N–H and O–H groups in total. The molecule has 0 fully saturated rings. The molecule has 0 unspecified atom stereocenters. The molecule has 1 heterocycles. The molecule has 0 saturated heterocycles. The fourth-order valence-corrected chi connectivity index (χ4v) is 3.85. The molecule has 2 rings (SSSR count). The molecule has 35 heavy (non-hydrogen) atoms. The molecule has 0 aliphatic carbocycles. The first-order chi connectivity index (χ1) is 16.3. The number of sulfonamides is 2. The van der Waals surface area contributed by atoms with E-state index in [2.05, 4.69) is 24.7 Å². The second-order valence-corrected chi connectivity index (χ2v) is 9.96. The van der Waals surface area contributed by atoms with Crippen molar-refractivity contribution >= 4 is 38.0 Å². The van der Waals surface area contributed by atoms with Gasteiger partial charge in [0, 0.05) is 20.8 Å². The van der Waals surface area contributed by atoms with Crippen LogP contribution >= 0.6 is 0 Å². The van der Waals surface area contributed by atoms with Crippen LogP contribution in [0, 0.1) is 0 Å². The molecular formula is C18H25N5O10S2. The van der Waals surface area contributed by atoms with E-state index in [-0.39, 0.29) is 29.8 Å². The van der Waals surface area contributed by atoms with E-state index in [4.69, 9.17) is 9.47 Å². The number of aromatic nitrogens is 2. The number of nitrogens with one attached hydrogen (secondary N) is 3. The predicted molar refractivity (Wildman–Crippen MR) is 122 cm³/mol. The Balaban J connectivity index is 0.00000194. The summed E-state index contributed by atoms with van der Waals surface area (Å²) in [5, 5.41) is 11.4. The van der Waals surface area contributed by atoms with Crippen LogP contribution < -0.4 is 24.2 Å². The lowest BCUT2D eigenvalue weighted by molar-refractivity contribution is 0.0692. The van der Waals surface area contributed by atoms with Crippen molar-refractivity contribution in [3.8, 4) is 11.8 Å². The average molecular weight is 536 g/mol. The average Bonchev–Trinajstić information content (AvgIpc) is 2.76. The molecule has 0 saturated carbocycles. The molecular weight excluding hydrogens is 510 g/mol. The highest BCUT2D eigenvalue weighted by atomic mass is 32.2. The zero-order valence-corrected chi connectivity index (χ0v) is 21.0. The normalized spacial score (nSPS) is 11.0. The SMILES string of the molecule is COC.COc1cc(OC)nc(NC(=O)NS(=O)(=O)c2cc(CNS(C)(=O)=O)ccc2C(=O)O)n1. The Morgan fingerprint density at radius 3 is 1.97 bits per heavy atom. The number of hydrogen-bond donors (Lipinski definition) is 4. The van der Waals surface area contributed by atoms with Gasteiger partial charge >= 0.3 is 12.0 Å². The van der Waals surface area contributed by atoms with Crippen LogP contribution in [-0.4, -0.2) is 78.6 Å². The summed E-state index contributed by atoms with van der Waals surface area (Å²) >= 11 is 0. The van der Waals surface area contributed by atoms with Crippen molar-refractivity contribution in [3.63, 3.8) is 0 Å². The van der Waals surface area contributed by atoms with E-state index in [1.165, 1.54) is 26.4 Å². The molecule has 0 bridgehead atoms. The number of carbonyl (C=O) groups excluding carboxylic acids is 1. The standard InChI is InChI=1S/C16H19N5O9S2.C2H6O/c1-29-12-7-13(30-2)19-15(18-12)20-16(24)21-32(27,28)11-6-9(8-17-31(3,25)26)4-5-10(11)14(22)23;1-3-2/h4-7,17H,8H2,1-3H3,(H,22,23)(H2,18,19,20,21,24);1-2H3. The Labute approximate surface area is 201 Å². The van der Waals surface area contributed by atoms with E-state index in [9.17, 15) is 31.5 Å². The molecule has 0 atom stereocenters. The van der Waals surface area contributed by atoms with Crippen molar-refractivity contribution in [1.29, 1.82) is 0 Å². The summed E-state index contributed by atoms with van der Waals surface area (Å²) in [5.74, 6) is -1.88. The Morgan fingerprint density at radius 1 is 0.971 bits per heavy atom. The van der Waals surface area contributed by atoms with E-state index in [0.29, 0.717) is 0 Å². The van der Waals surface area contributed by atoms with Gasteiger partial charge in [-0.1, -0.05) is 6.07 Å². The first-order valence-corrected chi connectivity index (χ1v) is 12.7. The highest BCUT2D eigenvalue weighted by molar-refractivity contribution is 7.90. The van der Waals surface area contributed by atoms with Gasteiger partial charge in [0.05, 0.1) is 32.1 Å². The summed E-state index contributed by atoms with van der Waals surface area (Å²) in [5.41, 5.74) is -0.491. The number of amides is 2. The van der Waals surface area contributed by atoms with Gasteiger partial charge in [-0.25, -0.2) is 35.9 Å².